The molecule has 2 N–H and O–H groups in total. The summed E-state index contributed by atoms with van der Waals surface area (Å²) in [6.07, 6.45) is 10.6. The number of amides is 2. The van der Waals surface area contributed by atoms with Gasteiger partial charge in [0, 0.05) is 38.6 Å². The van der Waals surface area contributed by atoms with Crippen molar-refractivity contribution in [3.05, 3.63) is 29.9 Å². The smallest absolute Gasteiger partial charge is 0.317 e. The number of hydrogen-bond donors (Lipinski definition) is 2. The van der Waals surface area contributed by atoms with E-state index < -0.39 is 0 Å². The van der Waals surface area contributed by atoms with E-state index in [4.69, 9.17) is 0 Å². The summed E-state index contributed by atoms with van der Waals surface area (Å²) >= 11 is 0. The molecular formula is C16H25N5O. The number of aromatic amines is 1. The van der Waals surface area contributed by atoms with Crippen molar-refractivity contribution in [2.24, 2.45) is 0 Å². The fraction of sp³-hybridized carbons (Fsp3) is 0.625. The van der Waals surface area contributed by atoms with Crippen LogP contribution in [0.25, 0.3) is 0 Å². The molecule has 1 aromatic heterocycles. The molecule has 0 bridgehead atoms. The molecular weight excluding hydrogens is 278 g/mol. The molecule has 0 saturated carbocycles. The van der Waals surface area contributed by atoms with E-state index in [-0.39, 0.29) is 12.1 Å². The standard InChI is InChI=1S/C16H25N5O/c1-20-10-11-21(12-14(20)15-17-8-9-18-15)16(22)19-7-6-13-4-2-3-5-13/h4,8-9,14H,2-3,5-7,10-12H2,1H3,(H,17,18)(H,19,22)/t14-/m0/s1. The van der Waals surface area contributed by atoms with Gasteiger partial charge >= 0.3 is 6.03 Å². The van der Waals surface area contributed by atoms with Crippen molar-refractivity contribution < 1.29 is 4.79 Å². The van der Waals surface area contributed by atoms with Crippen LogP contribution in [-0.4, -0.2) is 59.0 Å². The third-order valence-electron chi connectivity index (χ3n) is 4.63. The number of piperazine rings is 1. The van der Waals surface area contributed by atoms with Gasteiger partial charge in [-0.1, -0.05) is 11.6 Å². The van der Waals surface area contributed by atoms with Gasteiger partial charge in [-0.3, -0.25) is 4.90 Å². The van der Waals surface area contributed by atoms with Crippen LogP contribution in [0.1, 0.15) is 37.5 Å². The zero-order valence-electron chi connectivity index (χ0n) is 13.2. The van der Waals surface area contributed by atoms with Crippen LogP contribution in [0.3, 0.4) is 0 Å². The van der Waals surface area contributed by atoms with Crippen molar-refractivity contribution in [1.82, 2.24) is 25.1 Å². The highest BCUT2D eigenvalue weighted by molar-refractivity contribution is 5.74. The molecule has 2 aliphatic rings. The van der Waals surface area contributed by atoms with Gasteiger partial charge in [0.2, 0.25) is 0 Å². The van der Waals surface area contributed by atoms with E-state index >= 15 is 0 Å². The molecule has 0 radical (unpaired) electrons. The van der Waals surface area contributed by atoms with E-state index in [0.29, 0.717) is 6.54 Å². The highest BCUT2D eigenvalue weighted by Gasteiger charge is 2.29. The van der Waals surface area contributed by atoms with Crippen molar-refractivity contribution in [2.75, 3.05) is 33.2 Å². The Morgan fingerprint density at radius 3 is 3.14 bits per heavy atom. The second kappa shape index (κ2) is 6.96. The number of allylic oxidation sites excluding steroid dienone is 1. The number of carbonyl (C=O) groups excluding carboxylic acids is 1. The lowest BCUT2D eigenvalue weighted by Crippen LogP contribution is -2.52. The van der Waals surface area contributed by atoms with Crippen LogP contribution in [0, 0.1) is 0 Å². The van der Waals surface area contributed by atoms with Crippen molar-refractivity contribution in [2.45, 2.75) is 31.7 Å². The number of aromatic nitrogens is 2. The Morgan fingerprint density at radius 1 is 1.50 bits per heavy atom. The molecule has 6 heteroatoms. The number of rotatable bonds is 4. The first kappa shape index (κ1) is 15.1. The summed E-state index contributed by atoms with van der Waals surface area (Å²) in [4.78, 5) is 24.0. The Kier molecular flexibility index (Phi) is 4.77. The average molecular weight is 303 g/mol. The van der Waals surface area contributed by atoms with Crippen LogP contribution >= 0.6 is 0 Å². The largest absolute Gasteiger partial charge is 0.347 e. The van der Waals surface area contributed by atoms with Crippen LogP contribution in [0.15, 0.2) is 24.0 Å². The van der Waals surface area contributed by atoms with Crippen molar-refractivity contribution in [3.63, 3.8) is 0 Å². The second-order valence-electron chi connectivity index (χ2n) is 6.15. The Balaban J connectivity index is 1.49. The monoisotopic (exact) mass is 303 g/mol. The molecule has 1 saturated heterocycles. The molecule has 2 heterocycles. The van der Waals surface area contributed by atoms with Gasteiger partial charge in [0.05, 0.1) is 6.04 Å². The Bertz CT molecular complexity index is 525. The van der Waals surface area contributed by atoms with Gasteiger partial charge in [0.15, 0.2) is 0 Å². The maximum absolute atomic E-state index is 12.3. The predicted octanol–water partition coefficient (Wildman–Crippen LogP) is 1.91. The molecule has 1 fully saturated rings. The zero-order valence-corrected chi connectivity index (χ0v) is 13.2. The number of likely N-dealkylation sites (N-methyl/N-ethyl adjacent to an activating group) is 1. The minimum absolute atomic E-state index is 0.0447. The van der Waals surface area contributed by atoms with Crippen LogP contribution in [-0.2, 0) is 0 Å². The SMILES string of the molecule is CN1CCN(C(=O)NCCC2=CCCC2)C[C@H]1c1ncc[nH]1. The van der Waals surface area contributed by atoms with E-state index in [2.05, 4.69) is 33.3 Å². The first-order valence-electron chi connectivity index (χ1n) is 8.14. The summed E-state index contributed by atoms with van der Waals surface area (Å²) in [6, 6.07) is 0.190. The highest BCUT2D eigenvalue weighted by atomic mass is 16.2. The van der Waals surface area contributed by atoms with Crippen molar-refractivity contribution >= 4 is 6.03 Å². The van der Waals surface area contributed by atoms with Crippen molar-refractivity contribution in [3.8, 4) is 0 Å². The molecule has 6 nitrogen and oxygen atoms in total. The fourth-order valence-electron chi connectivity index (χ4n) is 3.22. The number of hydrogen-bond acceptors (Lipinski definition) is 3. The molecule has 120 valence electrons. The molecule has 1 atom stereocenters. The number of H-pyrrole nitrogens is 1. The zero-order chi connectivity index (χ0) is 15.4. The molecule has 22 heavy (non-hydrogen) atoms. The van der Waals surface area contributed by atoms with Gasteiger partial charge in [0.25, 0.3) is 0 Å². The molecule has 3 rings (SSSR count). The summed E-state index contributed by atoms with van der Waals surface area (Å²) < 4.78 is 0. The van der Waals surface area contributed by atoms with Crippen LogP contribution in [0.2, 0.25) is 0 Å². The predicted molar refractivity (Wildman–Crippen MR) is 85.5 cm³/mol. The summed E-state index contributed by atoms with van der Waals surface area (Å²) in [7, 11) is 2.08. The van der Waals surface area contributed by atoms with Gasteiger partial charge in [-0.05, 0) is 32.7 Å². The summed E-state index contributed by atoms with van der Waals surface area (Å²) in [6.45, 7) is 3.05. The molecule has 0 unspecified atom stereocenters. The quantitative estimate of drug-likeness (QED) is 0.835. The summed E-state index contributed by atoms with van der Waals surface area (Å²) in [5.74, 6) is 0.927. The number of nitrogens with zero attached hydrogens (tertiary/aromatic N) is 3. The molecule has 0 spiro atoms. The molecule has 0 aromatic carbocycles. The Morgan fingerprint density at radius 2 is 2.41 bits per heavy atom. The van der Waals surface area contributed by atoms with E-state index in [1.807, 2.05) is 11.1 Å². The minimum Gasteiger partial charge on any atom is -0.347 e. The van der Waals surface area contributed by atoms with Crippen LogP contribution in [0.4, 0.5) is 4.79 Å². The maximum Gasteiger partial charge on any atom is 0.317 e. The minimum atomic E-state index is 0.0447. The van der Waals surface area contributed by atoms with Gasteiger partial charge in [0.1, 0.15) is 5.82 Å². The van der Waals surface area contributed by atoms with Crippen LogP contribution < -0.4 is 5.32 Å². The van der Waals surface area contributed by atoms with Crippen molar-refractivity contribution in [1.29, 1.82) is 0 Å². The van der Waals surface area contributed by atoms with Crippen LogP contribution in [0.5, 0.6) is 0 Å². The van der Waals surface area contributed by atoms with Gasteiger partial charge < -0.3 is 15.2 Å². The van der Waals surface area contributed by atoms with Gasteiger partial charge in [-0.15, -0.1) is 0 Å². The Labute approximate surface area is 131 Å². The Hall–Kier alpha value is -1.82. The normalized spacial score (nSPS) is 22.7. The first-order valence-corrected chi connectivity index (χ1v) is 8.14. The lowest BCUT2D eigenvalue weighted by Gasteiger charge is -2.38. The third kappa shape index (κ3) is 3.50. The lowest BCUT2D eigenvalue weighted by atomic mass is 10.1. The molecule has 1 aromatic rings. The number of nitrogens with one attached hydrogen (secondary N) is 2. The summed E-state index contributed by atoms with van der Waals surface area (Å²) in [5, 5.41) is 3.06. The van der Waals surface area contributed by atoms with Gasteiger partial charge in [-0.25, -0.2) is 9.78 Å². The number of carbonyl (C=O) groups is 1. The topological polar surface area (TPSA) is 64.3 Å². The van der Waals surface area contributed by atoms with E-state index in [1.165, 1.54) is 24.8 Å². The highest BCUT2D eigenvalue weighted by Crippen LogP contribution is 2.21. The molecule has 1 aliphatic carbocycles. The summed E-state index contributed by atoms with van der Waals surface area (Å²) in [5.41, 5.74) is 1.49. The van der Waals surface area contributed by atoms with E-state index in [1.54, 1.807) is 6.20 Å². The molecule has 2 amide bonds. The number of imidazole rings is 1. The maximum atomic E-state index is 12.3. The van der Waals surface area contributed by atoms with E-state index in [0.717, 1.165) is 31.9 Å². The average Bonchev–Trinajstić information content (AvgIpc) is 3.21. The second-order valence-corrected chi connectivity index (χ2v) is 6.15. The van der Waals surface area contributed by atoms with Gasteiger partial charge in [-0.2, -0.15) is 0 Å². The molecule has 1 aliphatic heterocycles. The fourth-order valence-corrected chi connectivity index (χ4v) is 3.22. The van der Waals surface area contributed by atoms with E-state index in [9.17, 15) is 4.79 Å². The lowest BCUT2D eigenvalue weighted by molar-refractivity contribution is 0.106. The first-order chi connectivity index (χ1) is 10.7. The third-order valence-corrected chi connectivity index (χ3v) is 4.63. The number of urea groups is 1.